The van der Waals surface area contributed by atoms with Crippen molar-refractivity contribution in [3.63, 3.8) is 0 Å². The number of esters is 1. The fourth-order valence-corrected chi connectivity index (χ4v) is 2.23. The van der Waals surface area contributed by atoms with Crippen molar-refractivity contribution in [2.24, 2.45) is 0 Å². The molecule has 0 spiro atoms. The molecule has 19 heavy (non-hydrogen) atoms. The molecule has 1 heterocycles. The highest BCUT2D eigenvalue weighted by Gasteiger charge is 2.18. The first kappa shape index (κ1) is 11.8. The van der Waals surface area contributed by atoms with Crippen molar-refractivity contribution in [2.75, 3.05) is 6.61 Å². The fourth-order valence-electron chi connectivity index (χ4n) is 2.23. The quantitative estimate of drug-likeness (QED) is 0.656. The molecule has 1 aliphatic heterocycles. The van der Waals surface area contributed by atoms with Crippen LogP contribution in [-0.4, -0.2) is 12.6 Å². The van der Waals surface area contributed by atoms with Gasteiger partial charge in [0.25, 0.3) is 0 Å². The van der Waals surface area contributed by atoms with E-state index in [-0.39, 0.29) is 5.97 Å². The Morgan fingerprint density at radius 2 is 1.95 bits per heavy atom. The summed E-state index contributed by atoms with van der Waals surface area (Å²) < 4.78 is 10.8. The van der Waals surface area contributed by atoms with E-state index in [2.05, 4.69) is 0 Å². The molecule has 2 aromatic carbocycles. The molecule has 0 aromatic heterocycles. The van der Waals surface area contributed by atoms with Gasteiger partial charge in [-0.2, -0.15) is 0 Å². The average Bonchev–Trinajstić information content (AvgIpc) is 2.44. The number of benzene rings is 2. The van der Waals surface area contributed by atoms with Crippen LogP contribution in [0, 0.1) is 0 Å². The Kier molecular flexibility index (Phi) is 2.95. The first-order valence-electron chi connectivity index (χ1n) is 6.33. The number of carbonyl (C=O) groups is 1. The van der Waals surface area contributed by atoms with E-state index in [0.717, 1.165) is 29.0 Å². The van der Waals surface area contributed by atoms with Gasteiger partial charge < -0.3 is 9.47 Å². The highest BCUT2D eigenvalue weighted by Crippen LogP contribution is 2.36. The third-order valence-corrected chi connectivity index (χ3v) is 3.15. The Labute approximate surface area is 111 Å². The van der Waals surface area contributed by atoms with E-state index < -0.39 is 0 Å². The molecule has 1 aliphatic rings. The van der Waals surface area contributed by atoms with Gasteiger partial charge in [-0.05, 0) is 36.8 Å². The first-order valence-corrected chi connectivity index (χ1v) is 6.33. The molecule has 0 fully saturated rings. The van der Waals surface area contributed by atoms with Crippen molar-refractivity contribution in [1.29, 1.82) is 0 Å². The Morgan fingerprint density at radius 1 is 1.16 bits per heavy atom. The van der Waals surface area contributed by atoms with E-state index in [1.807, 2.05) is 36.4 Å². The van der Waals surface area contributed by atoms with E-state index >= 15 is 0 Å². The molecule has 0 aliphatic carbocycles. The molecule has 0 N–H and O–H groups in total. The summed E-state index contributed by atoms with van der Waals surface area (Å²) in [4.78, 5) is 11.7. The number of hydrogen-bond donors (Lipinski definition) is 0. The summed E-state index contributed by atoms with van der Waals surface area (Å²) in [7, 11) is 0. The van der Waals surface area contributed by atoms with Crippen LogP contribution in [0.1, 0.15) is 28.4 Å². The van der Waals surface area contributed by atoms with Gasteiger partial charge in [-0.25, -0.2) is 4.79 Å². The minimum atomic E-state index is -0.288. The predicted molar refractivity (Wildman–Crippen MR) is 71.7 cm³/mol. The predicted octanol–water partition coefficient (Wildman–Crippen LogP) is 3.56. The van der Waals surface area contributed by atoms with E-state index in [1.54, 1.807) is 13.0 Å². The maximum absolute atomic E-state index is 11.7. The lowest BCUT2D eigenvalue weighted by Gasteiger charge is -2.20. The van der Waals surface area contributed by atoms with Crippen LogP contribution in [0.4, 0.5) is 0 Å². The molecular weight excluding hydrogens is 240 g/mol. The van der Waals surface area contributed by atoms with Gasteiger partial charge >= 0.3 is 5.97 Å². The number of hydrogen-bond acceptors (Lipinski definition) is 3. The lowest BCUT2D eigenvalue weighted by Crippen LogP contribution is -2.08. The van der Waals surface area contributed by atoms with Gasteiger partial charge in [0, 0.05) is 12.0 Å². The molecular formula is C16H14O3. The highest BCUT2D eigenvalue weighted by molar-refractivity contribution is 5.90. The lowest BCUT2D eigenvalue weighted by molar-refractivity contribution is 0.0526. The Morgan fingerprint density at radius 3 is 2.79 bits per heavy atom. The monoisotopic (exact) mass is 254 g/mol. The fraction of sp³-hybridized carbons (Fsp3) is 0.188. The molecule has 3 rings (SSSR count). The van der Waals surface area contributed by atoms with Crippen molar-refractivity contribution < 1.29 is 14.3 Å². The van der Waals surface area contributed by atoms with E-state index in [1.165, 1.54) is 0 Å². The third kappa shape index (κ3) is 2.19. The van der Waals surface area contributed by atoms with Crippen molar-refractivity contribution >= 4 is 5.97 Å². The Balaban J connectivity index is 1.94. The second-order valence-corrected chi connectivity index (χ2v) is 4.43. The molecule has 3 nitrogen and oxygen atoms in total. The van der Waals surface area contributed by atoms with Crippen LogP contribution in [-0.2, 0) is 11.2 Å². The van der Waals surface area contributed by atoms with Gasteiger partial charge in [0.1, 0.15) is 11.5 Å². The van der Waals surface area contributed by atoms with Crippen LogP contribution < -0.4 is 4.74 Å². The highest BCUT2D eigenvalue weighted by atomic mass is 16.5. The molecule has 0 saturated carbocycles. The van der Waals surface area contributed by atoms with Gasteiger partial charge in [-0.15, -0.1) is 0 Å². The topological polar surface area (TPSA) is 35.5 Å². The number of fused-ring (bicyclic) bond motifs is 2. The molecule has 0 unspecified atom stereocenters. The third-order valence-electron chi connectivity index (χ3n) is 3.15. The summed E-state index contributed by atoms with van der Waals surface area (Å²) in [5, 5.41) is 0. The summed E-state index contributed by atoms with van der Waals surface area (Å²) in [6.07, 6.45) is 0.777. The molecule has 0 atom stereocenters. The Bertz CT molecular complexity index is 632. The second-order valence-electron chi connectivity index (χ2n) is 4.43. The summed E-state index contributed by atoms with van der Waals surface area (Å²) in [6.45, 7) is 2.19. The molecule has 96 valence electrons. The molecule has 0 amide bonds. The van der Waals surface area contributed by atoms with Gasteiger partial charge in [0.2, 0.25) is 0 Å². The Hall–Kier alpha value is -2.29. The maximum Gasteiger partial charge on any atom is 0.338 e. The van der Waals surface area contributed by atoms with Gasteiger partial charge in [0.15, 0.2) is 0 Å². The standard InChI is InChI=1S/C16H14O3/c1-2-18-16(17)12-7-8-15-13(10-12)9-11-5-3-4-6-14(11)19-15/h3-8,10H,2,9H2,1H3. The summed E-state index contributed by atoms with van der Waals surface area (Å²) in [5.74, 6) is 1.41. The minimum absolute atomic E-state index is 0.288. The zero-order valence-electron chi connectivity index (χ0n) is 10.7. The minimum Gasteiger partial charge on any atom is -0.462 e. The number of para-hydroxylation sites is 1. The number of rotatable bonds is 2. The SMILES string of the molecule is CCOC(=O)c1ccc2c(c1)Cc1ccccc1O2. The van der Waals surface area contributed by atoms with E-state index in [4.69, 9.17) is 9.47 Å². The zero-order valence-corrected chi connectivity index (χ0v) is 10.7. The first-order chi connectivity index (χ1) is 9.28. The van der Waals surface area contributed by atoms with E-state index in [9.17, 15) is 4.79 Å². The molecule has 0 bridgehead atoms. The van der Waals surface area contributed by atoms with Crippen LogP contribution >= 0.6 is 0 Å². The molecule has 0 radical (unpaired) electrons. The normalized spacial score (nSPS) is 12.1. The average molecular weight is 254 g/mol. The smallest absolute Gasteiger partial charge is 0.338 e. The van der Waals surface area contributed by atoms with E-state index in [0.29, 0.717) is 12.2 Å². The molecule has 3 heteroatoms. The second kappa shape index (κ2) is 4.76. The van der Waals surface area contributed by atoms with Crippen LogP contribution in [0.3, 0.4) is 0 Å². The summed E-state index contributed by atoms with van der Waals surface area (Å²) in [6, 6.07) is 13.4. The van der Waals surface area contributed by atoms with Gasteiger partial charge in [0.05, 0.1) is 12.2 Å². The number of ether oxygens (including phenoxy) is 2. The van der Waals surface area contributed by atoms with Gasteiger partial charge in [-0.3, -0.25) is 0 Å². The van der Waals surface area contributed by atoms with Crippen LogP contribution in [0.5, 0.6) is 11.5 Å². The summed E-state index contributed by atoms with van der Waals surface area (Å²) in [5.41, 5.74) is 2.73. The molecule has 0 saturated heterocycles. The summed E-state index contributed by atoms with van der Waals surface area (Å²) >= 11 is 0. The largest absolute Gasteiger partial charge is 0.462 e. The van der Waals surface area contributed by atoms with Crippen molar-refractivity contribution in [3.8, 4) is 11.5 Å². The van der Waals surface area contributed by atoms with Crippen molar-refractivity contribution in [1.82, 2.24) is 0 Å². The van der Waals surface area contributed by atoms with Crippen LogP contribution in [0.2, 0.25) is 0 Å². The lowest BCUT2D eigenvalue weighted by atomic mass is 9.98. The van der Waals surface area contributed by atoms with Crippen molar-refractivity contribution in [3.05, 3.63) is 59.2 Å². The zero-order chi connectivity index (χ0) is 13.2. The van der Waals surface area contributed by atoms with Crippen LogP contribution in [0.15, 0.2) is 42.5 Å². The maximum atomic E-state index is 11.7. The van der Waals surface area contributed by atoms with Crippen LogP contribution in [0.25, 0.3) is 0 Å². The molecule has 2 aromatic rings. The number of carbonyl (C=O) groups excluding carboxylic acids is 1. The van der Waals surface area contributed by atoms with Crippen molar-refractivity contribution in [2.45, 2.75) is 13.3 Å². The van der Waals surface area contributed by atoms with Gasteiger partial charge in [-0.1, -0.05) is 18.2 Å².